The normalized spacial score (nSPS) is 13.3. The summed E-state index contributed by atoms with van der Waals surface area (Å²) in [7, 11) is 0. The molecule has 0 spiro atoms. The van der Waals surface area contributed by atoms with Crippen LogP contribution in [-0.2, 0) is 11.3 Å². The summed E-state index contributed by atoms with van der Waals surface area (Å²) < 4.78 is 0. The third-order valence-corrected chi connectivity index (χ3v) is 5.92. The number of hydrogen-bond acceptors (Lipinski definition) is 3. The van der Waals surface area contributed by atoms with E-state index in [9.17, 15) is 9.59 Å². The first kappa shape index (κ1) is 16.5. The van der Waals surface area contributed by atoms with Crippen LogP contribution in [0.5, 0.6) is 0 Å². The van der Waals surface area contributed by atoms with Gasteiger partial charge in [-0.1, -0.05) is 24.8 Å². The van der Waals surface area contributed by atoms with Crippen molar-refractivity contribution in [3.63, 3.8) is 0 Å². The summed E-state index contributed by atoms with van der Waals surface area (Å²) in [5.74, 6) is -0.656. The number of primary amides is 1. The highest BCUT2D eigenvalue weighted by atomic mass is 32.1. The third-order valence-electron chi connectivity index (χ3n) is 4.85. The molecule has 0 aliphatic carbocycles. The molecule has 1 aliphatic rings. The molecular formula is C21H18N2O2S. The van der Waals surface area contributed by atoms with Gasteiger partial charge in [0.25, 0.3) is 5.91 Å². The molecule has 2 amide bonds. The maximum Gasteiger partial charge on any atom is 0.254 e. The lowest BCUT2D eigenvalue weighted by atomic mass is 9.98. The molecule has 0 radical (unpaired) electrons. The lowest BCUT2D eigenvalue weighted by Gasteiger charge is -2.15. The maximum atomic E-state index is 12.7. The number of carbonyl (C=O) groups excluding carboxylic acids is 2. The van der Waals surface area contributed by atoms with E-state index in [2.05, 4.69) is 43.1 Å². The Hall–Kier alpha value is -2.92. The van der Waals surface area contributed by atoms with Crippen molar-refractivity contribution in [2.24, 2.45) is 5.73 Å². The minimum Gasteiger partial charge on any atom is -0.366 e. The standard InChI is InChI=1S/C21H18N2O2S/c1-12-7-8-26-19(12)15-4-3-14-5-6-16-18(17(14)9-15)11-23(21(16)25)10-13(2)20(22)24/h3-9H,2,10-11H2,1H3,(H2,22,24). The fraction of sp³-hybridized carbons (Fsp3) is 0.143. The quantitative estimate of drug-likeness (QED) is 0.716. The smallest absolute Gasteiger partial charge is 0.254 e. The largest absolute Gasteiger partial charge is 0.366 e. The Bertz CT molecular complexity index is 1080. The predicted molar refractivity (Wildman–Crippen MR) is 105 cm³/mol. The van der Waals surface area contributed by atoms with E-state index in [-0.39, 0.29) is 18.0 Å². The summed E-state index contributed by atoms with van der Waals surface area (Å²) in [5, 5.41) is 4.27. The van der Waals surface area contributed by atoms with Gasteiger partial charge in [0.15, 0.2) is 0 Å². The van der Waals surface area contributed by atoms with Crippen molar-refractivity contribution < 1.29 is 9.59 Å². The van der Waals surface area contributed by atoms with E-state index < -0.39 is 5.91 Å². The van der Waals surface area contributed by atoms with Crippen LogP contribution >= 0.6 is 11.3 Å². The van der Waals surface area contributed by atoms with Crippen molar-refractivity contribution in [3.05, 3.63) is 70.6 Å². The van der Waals surface area contributed by atoms with Crippen LogP contribution in [0.1, 0.15) is 21.5 Å². The molecule has 2 aromatic carbocycles. The molecular weight excluding hydrogens is 344 g/mol. The summed E-state index contributed by atoms with van der Waals surface area (Å²) in [6.45, 7) is 6.39. The molecule has 26 heavy (non-hydrogen) atoms. The Kier molecular flexibility index (Phi) is 3.89. The molecule has 0 atom stereocenters. The molecule has 0 fully saturated rings. The highest BCUT2D eigenvalue weighted by Gasteiger charge is 2.29. The van der Waals surface area contributed by atoms with E-state index >= 15 is 0 Å². The van der Waals surface area contributed by atoms with Crippen molar-refractivity contribution in [3.8, 4) is 10.4 Å². The Labute approximate surface area is 155 Å². The zero-order valence-corrected chi connectivity index (χ0v) is 15.2. The van der Waals surface area contributed by atoms with Crippen molar-refractivity contribution in [1.82, 2.24) is 4.90 Å². The summed E-state index contributed by atoms with van der Waals surface area (Å²) >= 11 is 1.72. The Morgan fingerprint density at radius 3 is 2.73 bits per heavy atom. The number of aryl methyl sites for hydroxylation is 1. The van der Waals surface area contributed by atoms with Crippen LogP contribution in [0.4, 0.5) is 0 Å². The van der Waals surface area contributed by atoms with E-state index in [0.717, 1.165) is 21.9 Å². The second kappa shape index (κ2) is 6.11. The summed E-state index contributed by atoms with van der Waals surface area (Å²) in [6.07, 6.45) is 0. The van der Waals surface area contributed by atoms with Gasteiger partial charge in [-0.3, -0.25) is 9.59 Å². The Balaban J connectivity index is 1.78. The van der Waals surface area contributed by atoms with Gasteiger partial charge in [-0.15, -0.1) is 11.3 Å². The molecule has 0 unspecified atom stereocenters. The molecule has 1 aliphatic heterocycles. The average Bonchev–Trinajstić information content (AvgIpc) is 3.18. The number of thiophene rings is 1. The Morgan fingerprint density at radius 1 is 1.27 bits per heavy atom. The molecule has 3 aromatic rings. The number of hydrogen-bond donors (Lipinski definition) is 1. The molecule has 0 bridgehead atoms. The first-order chi connectivity index (χ1) is 12.5. The van der Waals surface area contributed by atoms with Crippen molar-refractivity contribution in [1.29, 1.82) is 0 Å². The number of carbonyl (C=O) groups is 2. The van der Waals surface area contributed by atoms with Gasteiger partial charge < -0.3 is 10.6 Å². The van der Waals surface area contributed by atoms with Crippen LogP contribution < -0.4 is 5.73 Å². The zero-order chi connectivity index (χ0) is 18.4. The van der Waals surface area contributed by atoms with Crippen LogP contribution in [0.15, 0.2) is 53.9 Å². The molecule has 4 nitrogen and oxygen atoms in total. The van der Waals surface area contributed by atoms with Crippen LogP contribution in [-0.4, -0.2) is 23.3 Å². The second-order valence-electron chi connectivity index (χ2n) is 6.59. The molecule has 0 saturated heterocycles. The summed E-state index contributed by atoms with van der Waals surface area (Å²) in [6, 6.07) is 12.3. The van der Waals surface area contributed by atoms with E-state index in [0.29, 0.717) is 12.1 Å². The number of benzene rings is 2. The van der Waals surface area contributed by atoms with Crippen molar-refractivity contribution in [2.75, 3.05) is 6.54 Å². The van der Waals surface area contributed by atoms with Gasteiger partial charge in [0.1, 0.15) is 0 Å². The van der Waals surface area contributed by atoms with Crippen molar-refractivity contribution >= 4 is 33.9 Å². The first-order valence-electron chi connectivity index (χ1n) is 8.32. The lowest BCUT2D eigenvalue weighted by molar-refractivity contribution is -0.114. The molecule has 2 N–H and O–H groups in total. The number of amides is 2. The summed E-state index contributed by atoms with van der Waals surface area (Å²) in [5.41, 5.74) is 9.61. The molecule has 2 heterocycles. The number of fused-ring (bicyclic) bond motifs is 3. The van der Waals surface area contributed by atoms with Crippen molar-refractivity contribution in [2.45, 2.75) is 13.5 Å². The van der Waals surface area contributed by atoms with Crippen LogP contribution in [0.3, 0.4) is 0 Å². The molecule has 4 rings (SSSR count). The van der Waals surface area contributed by atoms with E-state index in [1.807, 2.05) is 12.1 Å². The molecule has 0 saturated carbocycles. The minimum absolute atomic E-state index is 0.0815. The second-order valence-corrected chi connectivity index (χ2v) is 7.51. The minimum atomic E-state index is -0.575. The average molecular weight is 362 g/mol. The van der Waals surface area contributed by atoms with E-state index in [4.69, 9.17) is 5.73 Å². The maximum absolute atomic E-state index is 12.7. The molecule has 5 heteroatoms. The fourth-order valence-electron chi connectivity index (χ4n) is 3.43. The molecule has 1 aromatic heterocycles. The van der Waals surface area contributed by atoms with E-state index in [1.165, 1.54) is 10.4 Å². The van der Waals surface area contributed by atoms with Gasteiger partial charge in [0, 0.05) is 22.6 Å². The number of nitrogens with two attached hydrogens (primary N) is 1. The zero-order valence-electron chi connectivity index (χ0n) is 14.4. The highest BCUT2D eigenvalue weighted by Crippen LogP contribution is 2.35. The predicted octanol–water partition coefficient (Wildman–Crippen LogP) is 3.87. The van der Waals surface area contributed by atoms with Gasteiger partial charge in [-0.25, -0.2) is 0 Å². The monoisotopic (exact) mass is 362 g/mol. The van der Waals surface area contributed by atoms with E-state index in [1.54, 1.807) is 16.2 Å². The number of nitrogens with zero attached hydrogens (tertiary/aromatic N) is 1. The Morgan fingerprint density at radius 2 is 2.04 bits per heavy atom. The summed E-state index contributed by atoms with van der Waals surface area (Å²) in [4.78, 5) is 26.8. The van der Waals surface area contributed by atoms with Crippen LogP contribution in [0.25, 0.3) is 21.2 Å². The lowest BCUT2D eigenvalue weighted by Crippen LogP contribution is -2.30. The number of rotatable bonds is 4. The van der Waals surface area contributed by atoms with Gasteiger partial charge in [-0.2, -0.15) is 0 Å². The fourth-order valence-corrected chi connectivity index (χ4v) is 4.36. The third kappa shape index (κ3) is 2.61. The van der Waals surface area contributed by atoms with Crippen LogP contribution in [0, 0.1) is 6.92 Å². The molecule has 130 valence electrons. The highest BCUT2D eigenvalue weighted by molar-refractivity contribution is 7.13. The van der Waals surface area contributed by atoms with Crippen LogP contribution in [0.2, 0.25) is 0 Å². The topological polar surface area (TPSA) is 63.4 Å². The first-order valence-corrected chi connectivity index (χ1v) is 9.20. The van der Waals surface area contributed by atoms with Gasteiger partial charge >= 0.3 is 0 Å². The van der Waals surface area contributed by atoms with Gasteiger partial charge in [-0.05, 0) is 58.0 Å². The van der Waals surface area contributed by atoms with Gasteiger partial charge in [0.2, 0.25) is 5.91 Å². The SMILES string of the molecule is C=C(CN1Cc2c(ccc3ccc(-c4sccc4C)cc23)C1=O)C(N)=O. The van der Waals surface area contributed by atoms with Gasteiger partial charge in [0.05, 0.1) is 6.54 Å².